The van der Waals surface area contributed by atoms with Gasteiger partial charge < -0.3 is 15.5 Å². The van der Waals surface area contributed by atoms with Gasteiger partial charge in [-0.2, -0.15) is 0 Å². The van der Waals surface area contributed by atoms with Gasteiger partial charge in [0.25, 0.3) is 5.91 Å². The number of carbonyl (C=O) groups excluding carboxylic acids is 1. The van der Waals surface area contributed by atoms with Crippen LogP contribution in [-0.2, 0) is 4.79 Å². The van der Waals surface area contributed by atoms with Crippen LogP contribution in [0.5, 0.6) is 5.75 Å². The molecule has 0 aliphatic rings. The molecule has 0 spiro atoms. The fourth-order valence-electron chi connectivity index (χ4n) is 2.21. The molecule has 5 nitrogen and oxygen atoms in total. The molecule has 2 rings (SSSR count). The Labute approximate surface area is 128 Å². The smallest absolute Gasteiger partial charge is 0.311 e. The van der Waals surface area contributed by atoms with Gasteiger partial charge in [0, 0.05) is 6.54 Å². The highest BCUT2D eigenvalue weighted by atomic mass is 16.4. The molecule has 0 radical (unpaired) electrons. The quantitative estimate of drug-likeness (QED) is 0.764. The topological polar surface area (TPSA) is 86.6 Å². The second kappa shape index (κ2) is 7.26. The van der Waals surface area contributed by atoms with Crippen molar-refractivity contribution in [3.8, 4) is 5.75 Å². The SMILES string of the molecule is O=C(NCCC(C(=O)O)c1ccccc1)c1ccccc1O. The van der Waals surface area contributed by atoms with E-state index in [0.717, 1.165) is 0 Å². The number of carboxylic acid groups (broad SMARTS) is 1. The zero-order chi connectivity index (χ0) is 15.9. The Morgan fingerprint density at radius 2 is 1.64 bits per heavy atom. The number of benzene rings is 2. The molecule has 22 heavy (non-hydrogen) atoms. The lowest BCUT2D eigenvalue weighted by Gasteiger charge is -2.13. The molecule has 0 bridgehead atoms. The Kier molecular flexibility index (Phi) is 5.14. The van der Waals surface area contributed by atoms with E-state index in [9.17, 15) is 19.8 Å². The molecule has 2 aromatic rings. The van der Waals surface area contributed by atoms with Crippen LogP contribution < -0.4 is 5.32 Å². The Morgan fingerprint density at radius 3 is 2.27 bits per heavy atom. The minimum Gasteiger partial charge on any atom is -0.507 e. The Morgan fingerprint density at radius 1 is 1.00 bits per heavy atom. The molecule has 0 aliphatic carbocycles. The summed E-state index contributed by atoms with van der Waals surface area (Å²) < 4.78 is 0. The number of nitrogens with one attached hydrogen (secondary N) is 1. The van der Waals surface area contributed by atoms with Gasteiger partial charge >= 0.3 is 5.97 Å². The Bertz CT molecular complexity index is 655. The molecule has 0 saturated heterocycles. The van der Waals surface area contributed by atoms with Gasteiger partial charge in [0.2, 0.25) is 0 Å². The van der Waals surface area contributed by atoms with E-state index in [1.54, 1.807) is 36.4 Å². The number of aromatic hydroxyl groups is 1. The van der Waals surface area contributed by atoms with E-state index < -0.39 is 17.8 Å². The number of carboxylic acids is 1. The third kappa shape index (κ3) is 3.85. The number of para-hydroxylation sites is 1. The highest BCUT2D eigenvalue weighted by Crippen LogP contribution is 2.19. The summed E-state index contributed by atoms with van der Waals surface area (Å²) in [7, 11) is 0. The van der Waals surface area contributed by atoms with Crippen molar-refractivity contribution in [1.82, 2.24) is 5.32 Å². The van der Waals surface area contributed by atoms with Crippen molar-refractivity contribution < 1.29 is 19.8 Å². The number of rotatable bonds is 6. The van der Waals surface area contributed by atoms with Crippen LogP contribution in [0.25, 0.3) is 0 Å². The molecular weight excluding hydrogens is 282 g/mol. The van der Waals surface area contributed by atoms with E-state index in [2.05, 4.69) is 5.32 Å². The predicted molar refractivity (Wildman–Crippen MR) is 81.9 cm³/mol. The number of hydrogen-bond donors (Lipinski definition) is 3. The van der Waals surface area contributed by atoms with Crippen LogP contribution in [0.2, 0.25) is 0 Å². The maximum Gasteiger partial charge on any atom is 0.311 e. The number of phenols is 1. The predicted octanol–water partition coefficient (Wildman–Crippen LogP) is 2.38. The van der Waals surface area contributed by atoms with Gasteiger partial charge in [0.05, 0.1) is 11.5 Å². The van der Waals surface area contributed by atoms with Gasteiger partial charge in [-0.15, -0.1) is 0 Å². The second-order valence-corrected chi connectivity index (χ2v) is 4.86. The zero-order valence-corrected chi connectivity index (χ0v) is 11.9. The molecule has 5 heteroatoms. The van der Waals surface area contributed by atoms with Crippen molar-refractivity contribution >= 4 is 11.9 Å². The highest BCUT2D eigenvalue weighted by molar-refractivity contribution is 5.96. The molecule has 3 N–H and O–H groups in total. The van der Waals surface area contributed by atoms with Crippen LogP contribution in [0.15, 0.2) is 54.6 Å². The van der Waals surface area contributed by atoms with E-state index >= 15 is 0 Å². The molecular formula is C17H17NO4. The summed E-state index contributed by atoms with van der Waals surface area (Å²) in [6.07, 6.45) is 0.276. The van der Waals surface area contributed by atoms with Crippen molar-refractivity contribution in [2.45, 2.75) is 12.3 Å². The molecule has 0 saturated carbocycles. The van der Waals surface area contributed by atoms with Gasteiger partial charge in [-0.3, -0.25) is 9.59 Å². The minimum absolute atomic E-state index is 0.0992. The molecule has 0 aromatic heterocycles. The fourth-order valence-corrected chi connectivity index (χ4v) is 2.21. The first-order valence-electron chi connectivity index (χ1n) is 6.93. The largest absolute Gasteiger partial charge is 0.507 e. The molecule has 1 atom stereocenters. The van der Waals surface area contributed by atoms with Crippen molar-refractivity contribution in [2.24, 2.45) is 0 Å². The first-order chi connectivity index (χ1) is 10.6. The van der Waals surface area contributed by atoms with Crippen LogP contribution in [0.1, 0.15) is 28.3 Å². The molecule has 0 aliphatic heterocycles. The van der Waals surface area contributed by atoms with Gasteiger partial charge in [-0.05, 0) is 24.1 Å². The maximum atomic E-state index is 11.9. The lowest BCUT2D eigenvalue weighted by molar-refractivity contribution is -0.138. The molecule has 2 aromatic carbocycles. The van der Waals surface area contributed by atoms with E-state index in [1.807, 2.05) is 6.07 Å². The zero-order valence-electron chi connectivity index (χ0n) is 11.9. The number of amides is 1. The third-order valence-corrected chi connectivity index (χ3v) is 3.37. The Balaban J connectivity index is 1.96. The van der Waals surface area contributed by atoms with Crippen LogP contribution in [0.4, 0.5) is 0 Å². The highest BCUT2D eigenvalue weighted by Gasteiger charge is 2.19. The Hall–Kier alpha value is -2.82. The molecule has 0 heterocycles. The van der Waals surface area contributed by atoms with Crippen LogP contribution >= 0.6 is 0 Å². The van der Waals surface area contributed by atoms with Crippen LogP contribution in [-0.4, -0.2) is 28.6 Å². The van der Waals surface area contributed by atoms with Gasteiger partial charge in [0.15, 0.2) is 0 Å². The van der Waals surface area contributed by atoms with E-state index in [1.165, 1.54) is 12.1 Å². The summed E-state index contributed by atoms with van der Waals surface area (Å²) >= 11 is 0. The van der Waals surface area contributed by atoms with E-state index in [4.69, 9.17) is 0 Å². The number of hydrogen-bond acceptors (Lipinski definition) is 3. The number of phenolic OH excluding ortho intramolecular Hbond substituents is 1. The lowest BCUT2D eigenvalue weighted by Crippen LogP contribution is -2.27. The van der Waals surface area contributed by atoms with Gasteiger partial charge in [-0.1, -0.05) is 42.5 Å². The molecule has 114 valence electrons. The van der Waals surface area contributed by atoms with Gasteiger partial charge in [0.1, 0.15) is 5.75 Å². The van der Waals surface area contributed by atoms with E-state index in [0.29, 0.717) is 5.56 Å². The summed E-state index contributed by atoms with van der Waals surface area (Å²) in [6.45, 7) is 0.207. The minimum atomic E-state index is -0.928. The van der Waals surface area contributed by atoms with Gasteiger partial charge in [-0.25, -0.2) is 0 Å². The van der Waals surface area contributed by atoms with Crippen molar-refractivity contribution in [3.63, 3.8) is 0 Å². The maximum absolute atomic E-state index is 11.9. The standard InChI is InChI=1S/C17H17NO4/c19-15-9-5-4-8-14(15)16(20)18-11-10-13(17(21)22)12-6-2-1-3-7-12/h1-9,13,19H,10-11H2,(H,18,20)(H,21,22). The number of carbonyl (C=O) groups is 2. The van der Waals surface area contributed by atoms with Crippen LogP contribution in [0, 0.1) is 0 Å². The summed E-state index contributed by atoms with van der Waals surface area (Å²) in [5.74, 6) is -2.12. The second-order valence-electron chi connectivity index (χ2n) is 4.86. The first kappa shape index (κ1) is 15.6. The lowest BCUT2D eigenvalue weighted by atomic mass is 9.96. The summed E-state index contributed by atoms with van der Waals surface area (Å²) in [5.41, 5.74) is 0.876. The molecule has 1 amide bonds. The van der Waals surface area contributed by atoms with Crippen LogP contribution in [0.3, 0.4) is 0 Å². The average Bonchev–Trinajstić information content (AvgIpc) is 2.52. The normalized spacial score (nSPS) is 11.6. The van der Waals surface area contributed by atoms with Crippen molar-refractivity contribution in [3.05, 3.63) is 65.7 Å². The summed E-state index contributed by atoms with van der Waals surface area (Å²) in [6, 6.07) is 15.1. The molecule has 1 unspecified atom stereocenters. The van der Waals surface area contributed by atoms with E-state index in [-0.39, 0.29) is 24.3 Å². The fraction of sp³-hybridized carbons (Fsp3) is 0.176. The number of aliphatic carboxylic acids is 1. The first-order valence-corrected chi connectivity index (χ1v) is 6.93. The average molecular weight is 299 g/mol. The van der Waals surface area contributed by atoms with Crippen molar-refractivity contribution in [1.29, 1.82) is 0 Å². The summed E-state index contributed by atoms with van der Waals surface area (Å²) in [5, 5.41) is 21.5. The summed E-state index contributed by atoms with van der Waals surface area (Å²) in [4.78, 5) is 23.3. The monoisotopic (exact) mass is 299 g/mol. The third-order valence-electron chi connectivity index (χ3n) is 3.37. The molecule has 0 fully saturated rings. The van der Waals surface area contributed by atoms with Crippen molar-refractivity contribution in [2.75, 3.05) is 6.54 Å².